The maximum absolute atomic E-state index is 13.3. The van der Waals surface area contributed by atoms with Gasteiger partial charge in [-0.15, -0.1) is 0 Å². The molecule has 0 spiro atoms. The lowest BCUT2D eigenvalue weighted by atomic mass is 10.0. The summed E-state index contributed by atoms with van der Waals surface area (Å²) >= 11 is 0. The molecule has 2 N–H and O–H groups in total. The number of para-hydroxylation sites is 2. The minimum Gasteiger partial charge on any atom is -0.466 e. The molecule has 26 heavy (non-hydrogen) atoms. The Kier molecular flexibility index (Phi) is 3.89. The summed E-state index contributed by atoms with van der Waals surface area (Å²) in [6.45, 7) is 6.60. The summed E-state index contributed by atoms with van der Waals surface area (Å²) in [4.78, 5) is 13.3. The monoisotopic (exact) mass is 352 g/mol. The highest BCUT2D eigenvalue weighted by Gasteiger charge is 2.37. The molecule has 1 aromatic carbocycles. The average molecular weight is 352 g/mol. The summed E-state index contributed by atoms with van der Waals surface area (Å²) in [5.74, 6) is -0.0241. The van der Waals surface area contributed by atoms with Gasteiger partial charge in [0.05, 0.1) is 28.5 Å². The van der Waals surface area contributed by atoms with Gasteiger partial charge in [-0.3, -0.25) is 14.5 Å². The summed E-state index contributed by atoms with van der Waals surface area (Å²) in [5.41, 5.74) is -0.852. The molecule has 1 aliphatic rings. The molecule has 7 nitrogen and oxygen atoms in total. The Morgan fingerprint density at radius 3 is 2.46 bits per heavy atom. The van der Waals surface area contributed by atoms with Crippen molar-refractivity contribution in [3.05, 3.63) is 46.9 Å². The van der Waals surface area contributed by atoms with E-state index in [2.05, 4.69) is 0 Å². The second kappa shape index (κ2) is 5.71. The standard InChI is InChI=1S/C19H20N4O3/c1-18(2,25)14(9-10-20)22-12-7-5-6-8-13(12)23(17(22)24)15-11-16(21)26-19(15,3)4/h5-9,11,21,25H,1-4H3/b14-9+,21-16?. The molecule has 1 aliphatic heterocycles. The van der Waals surface area contributed by atoms with Gasteiger partial charge in [-0.1, -0.05) is 12.1 Å². The smallest absolute Gasteiger partial charge is 0.338 e. The van der Waals surface area contributed by atoms with Gasteiger partial charge in [0.1, 0.15) is 11.2 Å². The number of aliphatic hydroxyl groups is 1. The fourth-order valence-electron chi connectivity index (χ4n) is 3.18. The van der Waals surface area contributed by atoms with Crippen LogP contribution in [0.1, 0.15) is 27.7 Å². The molecule has 1 aromatic heterocycles. The van der Waals surface area contributed by atoms with Crippen LogP contribution >= 0.6 is 0 Å². The molecule has 2 aromatic rings. The molecule has 0 unspecified atom stereocenters. The molecule has 7 heteroatoms. The number of nitrogens with one attached hydrogen (secondary N) is 1. The van der Waals surface area contributed by atoms with Crippen molar-refractivity contribution in [2.75, 3.05) is 0 Å². The van der Waals surface area contributed by atoms with Crippen LogP contribution in [0.2, 0.25) is 0 Å². The summed E-state index contributed by atoms with van der Waals surface area (Å²) < 4.78 is 8.31. The van der Waals surface area contributed by atoms with Gasteiger partial charge in [0.15, 0.2) is 0 Å². The maximum atomic E-state index is 13.3. The highest BCUT2D eigenvalue weighted by Crippen LogP contribution is 2.34. The van der Waals surface area contributed by atoms with Crippen molar-refractivity contribution in [3.63, 3.8) is 0 Å². The van der Waals surface area contributed by atoms with E-state index in [1.54, 1.807) is 38.1 Å². The minimum atomic E-state index is -1.41. The molecule has 134 valence electrons. The average Bonchev–Trinajstić information content (AvgIpc) is 2.95. The third kappa shape index (κ3) is 2.65. The van der Waals surface area contributed by atoms with Crippen LogP contribution < -0.4 is 5.69 Å². The van der Waals surface area contributed by atoms with E-state index in [1.165, 1.54) is 35.1 Å². The number of nitriles is 1. The SMILES string of the molecule is CC1(C)OC(=N)C=C1n1c(=O)n(/C(=C/C#N)C(C)(C)O)c2ccccc21. The second-order valence-electron chi connectivity index (χ2n) is 7.17. The molecule has 3 rings (SSSR count). The second-order valence-corrected chi connectivity index (χ2v) is 7.17. The number of imidazole rings is 1. The highest BCUT2D eigenvalue weighted by atomic mass is 16.5. The first-order valence-corrected chi connectivity index (χ1v) is 8.13. The number of hydrogen-bond donors (Lipinski definition) is 2. The van der Waals surface area contributed by atoms with Crippen molar-refractivity contribution in [1.82, 2.24) is 9.13 Å². The maximum Gasteiger partial charge on any atom is 0.338 e. The molecular weight excluding hydrogens is 332 g/mol. The number of ether oxygens (including phenoxy) is 1. The Balaban J connectivity index is 2.44. The topological polar surface area (TPSA) is 104 Å². The predicted molar refractivity (Wildman–Crippen MR) is 99.5 cm³/mol. The molecular formula is C19H20N4O3. The normalized spacial score (nSPS) is 17.2. The lowest BCUT2D eigenvalue weighted by Gasteiger charge is -2.23. The van der Waals surface area contributed by atoms with E-state index in [0.717, 1.165) is 0 Å². The summed E-state index contributed by atoms with van der Waals surface area (Å²) in [6.07, 6.45) is 2.68. The van der Waals surface area contributed by atoms with Crippen LogP contribution in [0.3, 0.4) is 0 Å². The van der Waals surface area contributed by atoms with Gasteiger partial charge in [-0.2, -0.15) is 5.26 Å². The van der Waals surface area contributed by atoms with Crippen LogP contribution in [0, 0.1) is 16.7 Å². The number of aromatic nitrogens is 2. The van der Waals surface area contributed by atoms with Crippen molar-refractivity contribution in [2.45, 2.75) is 38.9 Å². The Bertz CT molecular complexity index is 1070. The first-order chi connectivity index (χ1) is 12.1. The van der Waals surface area contributed by atoms with E-state index in [1.807, 2.05) is 6.07 Å². The Morgan fingerprint density at radius 2 is 1.96 bits per heavy atom. The molecule has 0 aliphatic carbocycles. The summed E-state index contributed by atoms with van der Waals surface area (Å²) in [5, 5.41) is 27.4. The predicted octanol–water partition coefficient (Wildman–Crippen LogP) is 2.57. The van der Waals surface area contributed by atoms with Crippen molar-refractivity contribution < 1.29 is 9.84 Å². The third-order valence-corrected chi connectivity index (χ3v) is 4.31. The first-order valence-electron chi connectivity index (χ1n) is 8.13. The molecule has 0 bridgehead atoms. The Hall–Kier alpha value is -3.11. The Morgan fingerprint density at radius 1 is 1.35 bits per heavy atom. The van der Waals surface area contributed by atoms with E-state index in [9.17, 15) is 9.90 Å². The van der Waals surface area contributed by atoms with Gasteiger partial charge >= 0.3 is 5.69 Å². The van der Waals surface area contributed by atoms with Crippen LogP contribution in [0.25, 0.3) is 22.4 Å². The number of benzene rings is 1. The lowest BCUT2D eigenvalue weighted by molar-refractivity contribution is 0.137. The molecule has 0 saturated heterocycles. The fourth-order valence-corrected chi connectivity index (χ4v) is 3.18. The number of rotatable bonds is 3. The lowest BCUT2D eigenvalue weighted by Crippen LogP contribution is -2.35. The van der Waals surface area contributed by atoms with E-state index < -0.39 is 16.9 Å². The zero-order chi connectivity index (χ0) is 19.3. The van der Waals surface area contributed by atoms with Crippen LogP contribution in [0.4, 0.5) is 0 Å². The number of hydrogen-bond acceptors (Lipinski definition) is 5. The van der Waals surface area contributed by atoms with Gasteiger partial charge < -0.3 is 9.84 Å². The first kappa shape index (κ1) is 17.7. The van der Waals surface area contributed by atoms with E-state index in [-0.39, 0.29) is 11.6 Å². The highest BCUT2D eigenvalue weighted by molar-refractivity contribution is 5.98. The van der Waals surface area contributed by atoms with Crippen LogP contribution in [0.15, 0.2) is 41.2 Å². The van der Waals surface area contributed by atoms with Crippen molar-refractivity contribution >= 4 is 28.3 Å². The molecule has 0 radical (unpaired) electrons. The van der Waals surface area contributed by atoms with Gasteiger partial charge in [0, 0.05) is 12.2 Å². The van der Waals surface area contributed by atoms with Crippen molar-refractivity contribution in [1.29, 1.82) is 10.7 Å². The molecule has 0 atom stereocenters. The van der Waals surface area contributed by atoms with E-state index >= 15 is 0 Å². The number of nitrogens with zero attached hydrogens (tertiary/aromatic N) is 3. The molecule has 0 saturated carbocycles. The van der Waals surface area contributed by atoms with Crippen LogP contribution in [-0.2, 0) is 4.74 Å². The summed E-state index contributed by atoms with van der Waals surface area (Å²) in [6, 6.07) is 9.01. The van der Waals surface area contributed by atoms with Gasteiger partial charge in [0.2, 0.25) is 5.90 Å². The molecule has 0 fully saturated rings. The largest absolute Gasteiger partial charge is 0.466 e. The zero-order valence-corrected chi connectivity index (χ0v) is 15.1. The van der Waals surface area contributed by atoms with E-state index in [0.29, 0.717) is 16.7 Å². The van der Waals surface area contributed by atoms with Crippen LogP contribution in [0.5, 0.6) is 0 Å². The van der Waals surface area contributed by atoms with Crippen molar-refractivity contribution in [3.8, 4) is 6.07 Å². The number of allylic oxidation sites excluding steroid dienone is 1. The van der Waals surface area contributed by atoms with Gasteiger partial charge in [-0.05, 0) is 39.8 Å². The van der Waals surface area contributed by atoms with Gasteiger partial charge in [-0.25, -0.2) is 4.79 Å². The quantitative estimate of drug-likeness (QED) is 0.828. The van der Waals surface area contributed by atoms with Crippen LogP contribution in [-0.4, -0.2) is 31.3 Å². The fraction of sp³-hybridized carbons (Fsp3) is 0.316. The Labute approximate surface area is 150 Å². The third-order valence-electron chi connectivity index (χ3n) is 4.31. The van der Waals surface area contributed by atoms with E-state index in [4.69, 9.17) is 15.4 Å². The number of fused-ring (bicyclic) bond motifs is 1. The minimum absolute atomic E-state index is 0.0241. The summed E-state index contributed by atoms with van der Waals surface area (Å²) in [7, 11) is 0. The molecule has 2 heterocycles. The van der Waals surface area contributed by atoms with Crippen molar-refractivity contribution in [2.24, 2.45) is 0 Å². The van der Waals surface area contributed by atoms with Gasteiger partial charge in [0.25, 0.3) is 0 Å². The molecule has 0 amide bonds. The zero-order valence-electron chi connectivity index (χ0n) is 15.1.